The summed E-state index contributed by atoms with van der Waals surface area (Å²) < 4.78 is 2.20. The van der Waals surface area contributed by atoms with Crippen LogP contribution in [0.15, 0.2) is 30.3 Å². The number of para-hydroxylation sites is 1. The van der Waals surface area contributed by atoms with Crippen molar-refractivity contribution in [1.82, 2.24) is 9.55 Å². The number of hydrogen-bond acceptors (Lipinski definition) is 2. The summed E-state index contributed by atoms with van der Waals surface area (Å²) in [6, 6.07) is 10.4. The van der Waals surface area contributed by atoms with Crippen LogP contribution in [0.25, 0.3) is 11.0 Å². The lowest BCUT2D eigenvalue weighted by molar-refractivity contribution is 0.628. The SMILES string of the molecule is Cc1ccc(C(C)n2c(C(C)Cl)nc3c(Cl)cccc32)s1. The van der Waals surface area contributed by atoms with Gasteiger partial charge in [0.2, 0.25) is 0 Å². The summed E-state index contributed by atoms with van der Waals surface area (Å²) in [5, 5.41) is 0.497. The first-order valence-electron chi connectivity index (χ1n) is 6.85. The highest BCUT2D eigenvalue weighted by molar-refractivity contribution is 7.12. The molecule has 2 unspecified atom stereocenters. The Morgan fingerprint density at radius 2 is 1.95 bits per heavy atom. The second kappa shape index (κ2) is 5.64. The van der Waals surface area contributed by atoms with Crippen molar-refractivity contribution < 1.29 is 0 Å². The van der Waals surface area contributed by atoms with Gasteiger partial charge in [0.05, 0.1) is 22.0 Å². The van der Waals surface area contributed by atoms with Gasteiger partial charge in [0.15, 0.2) is 0 Å². The molecular formula is C16H16Cl2N2S. The van der Waals surface area contributed by atoms with Crippen LogP contribution in [0.1, 0.15) is 40.8 Å². The molecule has 0 radical (unpaired) electrons. The normalized spacial score (nSPS) is 14.5. The van der Waals surface area contributed by atoms with Crippen LogP contribution in [-0.2, 0) is 0 Å². The molecule has 110 valence electrons. The molecule has 2 atom stereocenters. The Labute approximate surface area is 138 Å². The highest BCUT2D eigenvalue weighted by Gasteiger charge is 2.21. The first-order chi connectivity index (χ1) is 9.99. The van der Waals surface area contributed by atoms with Crippen LogP contribution < -0.4 is 0 Å². The van der Waals surface area contributed by atoms with Gasteiger partial charge >= 0.3 is 0 Å². The lowest BCUT2D eigenvalue weighted by Crippen LogP contribution is -2.10. The second-order valence-corrected chi connectivity index (χ2v) is 7.57. The summed E-state index contributed by atoms with van der Waals surface area (Å²) in [4.78, 5) is 7.27. The molecule has 0 spiro atoms. The van der Waals surface area contributed by atoms with Crippen molar-refractivity contribution >= 4 is 45.6 Å². The number of fused-ring (bicyclic) bond motifs is 1. The maximum atomic E-state index is 6.35. The molecule has 2 aromatic heterocycles. The summed E-state index contributed by atoms with van der Waals surface area (Å²) in [5.74, 6) is 0.860. The van der Waals surface area contributed by atoms with Gasteiger partial charge in [-0.3, -0.25) is 0 Å². The van der Waals surface area contributed by atoms with Crippen molar-refractivity contribution in [2.24, 2.45) is 0 Å². The van der Waals surface area contributed by atoms with Gasteiger partial charge < -0.3 is 4.57 Å². The fourth-order valence-electron chi connectivity index (χ4n) is 2.59. The molecule has 0 aliphatic heterocycles. The predicted octanol–water partition coefficient (Wildman–Crippen LogP) is 5.97. The molecule has 0 aliphatic carbocycles. The van der Waals surface area contributed by atoms with Gasteiger partial charge in [-0.2, -0.15) is 0 Å². The third kappa shape index (κ3) is 2.59. The minimum atomic E-state index is -0.169. The van der Waals surface area contributed by atoms with E-state index in [0.717, 1.165) is 16.9 Å². The van der Waals surface area contributed by atoms with E-state index < -0.39 is 0 Å². The van der Waals surface area contributed by atoms with Gasteiger partial charge in [-0.05, 0) is 45.0 Å². The van der Waals surface area contributed by atoms with Crippen LogP contribution in [-0.4, -0.2) is 9.55 Å². The number of imidazole rings is 1. The predicted molar refractivity (Wildman–Crippen MR) is 91.9 cm³/mol. The maximum Gasteiger partial charge on any atom is 0.128 e. The summed E-state index contributed by atoms with van der Waals surface area (Å²) in [7, 11) is 0. The zero-order chi connectivity index (χ0) is 15.1. The topological polar surface area (TPSA) is 17.8 Å². The lowest BCUT2D eigenvalue weighted by atomic mass is 10.2. The Hall–Kier alpha value is -1.03. The molecule has 0 fully saturated rings. The van der Waals surface area contributed by atoms with E-state index in [-0.39, 0.29) is 11.4 Å². The van der Waals surface area contributed by atoms with Crippen LogP contribution in [0.2, 0.25) is 5.02 Å². The van der Waals surface area contributed by atoms with E-state index in [4.69, 9.17) is 23.2 Å². The molecule has 0 saturated carbocycles. The number of hydrogen-bond donors (Lipinski definition) is 0. The number of nitrogens with zero attached hydrogens (tertiary/aromatic N) is 2. The number of rotatable bonds is 3. The molecular weight excluding hydrogens is 323 g/mol. The number of alkyl halides is 1. The van der Waals surface area contributed by atoms with Crippen LogP contribution in [0.5, 0.6) is 0 Å². The zero-order valence-electron chi connectivity index (χ0n) is 12.1. The quantitative estimate of drug-likeness (QED) is 0.538. The Kier molecular flexibility index (Phi) is 4.00. The maximum absolute atomic E-state index is 6.35. The molecule has 3 rings (SSSR count). The molecule has 0 saturated heterocycles. The van der Waals surface area contributed by atoms with E-state index in [2.05, 4.69) is 35.5 Å². The third-order valence-electron chi connectivity index (χ3n) is 3.61. The third-order valence-corrected chi connectivity index (χ3v) is 5.29. The molecule has 0 N–H and O–H groups in total. The first kappa shape index (κ1) is 14.9. The standard InChI is InChI=1S/C16H16Cl2N2S/c1-9-7-8-14(21-9)11(3)20-13-6-4-5-12(18)15(13)19-16(20)10(2)17/h4-8,10-11H,1-3H3. The van der Waals surface area contributed by atoms with Crippen molar-refractivity contribution in [2.45, 2.75) is 32.2 Å². The van der Waals surface area contributed by atoms with Gasteiger partial charge in [-0.15, -0.1) is 22.9 Å². The number of aromatic nitrogens is 2. The van der Waals surface area contributed by atoms with Crippen LogP contribution in [0, 0.1) is 6.92 Å². The Bertz CT molecular complexity index is 789. The van der Waals surface area contributed by atoms with Crippen molar-refractivity contribution in [3.05, 3.63) is 50.9 Å². The summed E-state index contributed by atoms with van der Waals surface area (Å²) >= 11 is 14.4. The molecule has 3 aromatic rings. The Morgan fingerprint density at radius 3 is 2.57 bits per heavy atom. The smallest absolute Gasteiger partial charge is 0.128 e. The van der Waals surface area contributed by atoms with Gasteiger partial charge in [0.25, 0.3) is 0 Å². The van der Waals surface area contributed by atoms with Gasteiger partial charge in [0, 0.05) is 9.75 Å². The largest absolute Gasteiger partial charge is 0.319 e. The van der Waals surface area contributed by atoms with Gasteiger partial charge in [-0.25, -0.2) is 4.98 Å². The average molecular weight is 339 g/mol. The monoisotopic (exact) mass is 338 g/mol. The van der Waals surface area contributed by atoms with Crippen molar-refractivity contribution in [3.63, 3.8) is 0 Å². The molecule has 2 heterocycles. The van der Waals surface area contributed by atoms with Crippen LogP contribution in [0.4, 0.5) is 0 Å². The first-order valence-corrected chi connectivity index (χ1v) is 8.49. The van der Waals surface area contributed by atoms with Crippen molar-refractivity contribution in [3.8, 4) is 0 Å². The summed E-state index contributed by atoms with van der Waals surface area (Å²) in [6.07, 6.45) is 0. The Morgan fingerprint density at radius 1 is 1.19 bits per heavy atom. The lowest BCUT2D eigenvalue weighted by Gasteiger charge is -2.17. The van der Waals surface area contributed by atoms with Crippen molar-refractivity contribution in [2.75, 3.05) is 0 Å². The summed E-state index contributed by atoms with van der Waals surface area (Å²) in [5.41, 5.74) is 1.85. The van der Waals surface area contributed by atoms with E-state index in [9.17, 15) is 0 Å². The molecule has 0 bridgehead atoms. The number of thiophene rings is 1. The summed E-state index contributed by atoms with van der Waals surface area (Å²) in [6.45, 7) is 6.24. The van der Waals surface area contributed by atoms with E-state index in [1.165, 1.54) is 9.75 Å². The van der Waals surface area contributed by atoms with E-state index in [1.807, 2.05) is 25.1 Å². The van der Waals surface area contributed by atoms with E-state index in [1.54, 1.807) is 11.3 Å². The van der Waals surface area contributed by atoms with E-state index >= 15 is 0 Å². The molecule has 21 heavy (non-hydrogen) atoms. The number of aryl methyl sites for hydroxylation is 1. The molecule has 2 nitrogen and oxygen atoms in total. The highest BCUT2D eigenvalue weighted by Crippen LogP contribution is 2.35. The molecule has 0 aliphatic rings. The van der Waals surface area contributed by atoms with Gasteiger partial charge in [-0.1, -0.05) is 17.7 Å². The minimum absolute atomic E-state index is 0.169. The second-order valence-electron chi connectivity index (χ2n) is 5.19. The number of benzene rings is 1. The Balaban J connectivity index is 2.24. The van der Waals surface area contributed by atoms with Gasteiger partial charge in [0.1, 0.15) is 11.3 Å². The zero-order valence-corrected chi connectivity index (χ0v) is 14.4. The van der Waals surface area contributed by atoms with E-state index in [0.29, 0.717) is 5.02 Å². The fraction of sp³-hybridized carbons (Fsp3) is 0.312. The van der Waals surface area contributed by atoms with Crippen molar-refractivity contribution in [1.29, 1.82) is 0 Å². The van der Waals surface area contributed by atoms with Crippen LogP contribution >= 0.6 is 34.5 Å². The highest BCUT2D eigenvalue weighted by atomic mass is 35.5. The molecule has 0 amide bonds. The number of halogens is 2. The molecule has 1 aromatic carbocycles. The fourth-order valence-corrected chi connectivity index (χ4v) is 3.88. The van der Waals surface area contributed by atoms with Crippen LogP contribution in [0.3, 0.4) is 0 Å². The average Bonchev–Trinajstić information content (AvgIpc) is 3.02. The molecule has 5 heteroatoms. The minimum Gasteiger partial charge on any atom is -0.319 e.